The van der Waals surface area contributed by atoms with Crippen LogP contribution in [0.15, 0.2) is 42.7 Å². The summed E-state index contributed by atoms with van der Waals surface area (Å²) in [4.78, 5) is 18.7. The molecule has 2 aromatic carbocycles. The van der Waals surface area contributed by atoms with Gasteiger partial charge in [0.05, 0.1) is 17.4 Å². The maximum atomic E-state index is 10.6. The molecule has 1 aliphatic rings. The van der Waals surface area contributed by atoms with Crippen LogP contribution in [0.5, 0.6) is 0 Å². The van der Waals surface area contributed by atoms with Gasteiger partial charge in [-0.1, -0.05) is 17.7 Å². The van der Waals surface area contributed by atoms with Crippen LogP contribution in [0.3, 0.4) is 0 Å². The Morgan fingerprint density at radius 2 is 2.03 bits per heavy atom. The number of hydrogen-bond donors (Lipinski definition) is 3. The van der Waals surface area contributed by atoms with Gasteiger partial charge in [0, 0.05) is 29.8 Å². The molecule has 2 heterocycles. The van der Waals surface area contributed by atoms with Gasteiger partial charge in [-0.3, -0.25) is 0 Å². The number of aromatic amines is 1. The molecule has 4 N–H and O–H groups in total. The Hall–Kier alpha value is -2.78. The van der Waals surface area contributed by atoms with Crippen molar-refractivity contribution >= 4 is 34.3 Å². The molecule has 0 fully saturated rings. The minimum Gasteiger partial charge on any atom is -0.475 e. The third-order valence-corrected chi connectivity index (χ3v) is 4.78. The zero-order chi connectivity index (χ0) is 21.2. The summed E-state index contributed by atoms with van der Waals surface area (Å²) in [6.07, 6.45) is -2.41. The molecule has 0 saturated heterocycles. The number of nitrogens with two attached hydrogens (primary N) is 1. The van der Waals surface area contributed by atoms with Crippen molar-refractivity contribution in [3.8, 4) is 0 Å². The number of aliphatic carboxylic acids is 1. The highest BCUT2D eigenvalue weighted by Crippen LogP contribution is 2.35. The summed E-state index contributed by atoms with van der Waals surface area (Å²) in [6.45, 7) is 1.81. The molecule has 0 amide bonds. The first kappa shape index (κ1) is 20.9. The largest absolute Gasteiger partial charge is 0.490 e. The highest BCUT2D eigenvalue weighted by molar-refractivity contribution is 6.30. The number of imidazole rings is 1. The summed E-state index contributed by atoms with van der Waals surface area (Å²) in [5, 5.41) is 7.87. The minimum atomic E-state index is -5.08. The summed E-state index contributed by atoms with van der Waals surface area (Å²) < 4.78 is 31.7. The van der Waals surface area contributed by atoms with Gasteiger partial charge in [0.15, 0.2) is 0 Å². The number of hydrogen-bond acceptors (Lipinski definition) is 4. The van der Waals surface area contributed by atoms with Crippen LogP contribution in [0.25, 0.3) is 11.0 Å². The van der Waals surface area contributed by atoms with E-state index in [1.54, 1.807) is 6.33 Å². The van der Waals surface area contributed by atoms with Crippen molar-refractivity contribution in [2.45, 2.75) is 25.2 Å². The highest BCUT2D eigenvalue weighted by atomic mass is 35.5. The van der Waals surface area contributed by atoms with E-state index in [0.29, 0.717) is 0 Å². The lowest BCUT2D eigenvalue weighted by atomic mass is 9.96. The fraction of sp³-hybridized carbons (Fsp3) is 0.263. The van der Waals surface area contributed by atoms with E-state index in [1.165, 1.54) is 11.3 Å². The molecule has 1 unspecified atom stereocenters. The lowest BCUT2D eigenvalue weighted by Crippen LogP contribution is -2.33. The second-order valence-corrected chi connectivity index (χ2v) is 7.01. The average molecular weight is 427 g/mol. The molecule has 1 atom stereocenters. The summed E-state index contributed by atoms with van der Waals surface area (Å²) in [7, 11) is 0. The van der Waals surface area contributed by atoms with Crippen molar-refractivity contribution in [1.82, 2.24) is 9.97 Å². The third kappa shape index (κ3) is 4.99. The van der Waals surface area contributed by atoms with Crippen LogP contribution < -0.4 is 10.6 Å². The number of carboxylic acid groups (broad SMARTS) is 1. The molecule has 3 aromatic rings. The van der Waals surface area contributed by atoms with Gasteiger partial charge < -0.3 is 20.7 Å². The van der Waals surface area contributed by atoms with Gasteiger partial charge in [-0.2, -0.15) is 13.2 Å². The lowest BCUT2D eigenvalue weighted by molar-refractivity contribution is -0.192. The van der Waals surface area contributed by atoms with E-state index in [4.69, 9.17) is 27.2 Å². The van der Waals surface area contributed by atoms with E-state index < -0.39 is 12.1 Å². The third-order valence-electron chi connectivity index (χ3n) is 4.54. The average Bonchev–Trinajstić information content (AvgIpc) is 3.12. The maximum Gasteiger partial charge on any atom is 0.490 e. The second-order valence-electron chi connectivity index (χ2n) is 6.58. The first-order valence-corrected chi connectivity index (χ1v) is 9.05. The van der Waals surface area contributed by atoms with E-state index in [1.807, 2.05) is 12.1 Å². The smallest absolute Gasteiger partial charge is 0.475 e. The normalized spacial score (nSPS) is 16.2. The number of aromatic nitrogens is 2. The van der Waals surface area contributed by atoms with Gasteiger partial charge in [0.2, 0.25) is 0 Å². The monoisotopic (exact) mass is 426 g/mol. The summed E-state index contributed by atoms with van der Waals surface area (Å²) in [5.74, 6) is -2.76. The Labute approximate surface area is 169 Å². The number of halogens is 4. The Morgan fingerprint density at radius 1 is 1.31 bits per heavy atom. The number of H-pyrrole nitrogens is 1. The highest BCUT2D eigenvalue weighted by Gasteiger charge is 2.38. The molecule has 0 saturated carbocycles. The van der Waals surface area contributed by atoms with E-state index >= 15 is 0 Å². The second kappa shape index (κ2) is 8.30. The molecule has 0 radical (unpaired) electrons. The minimum absolute atomic E-state index is 0.0695. The van der Waals surface area contributed by atoms with Crippen molar-refractivity contribution in [3.63, 3.8) is 0 Å². The van der Waals surface area contributed by atoms with Gasteiger partial charge in [-0.05, 0) is 47.9 Å². The molecule has 0 bridgehead atoms. The van der Waals surface area contributed by atoms with E-state index in [-0.39, 0.29) is 6.04 Å². The fourth-order valence-electron chi connectivity index (χ4n) is 3.15. The van der Waals surface area contributed by atoms with Crippen molar-refractivity contribution < 1.29 is 23.1 Å². The van der Waals surface area contributed by atoms with Gasteiger partial charge in [-0.15, -0.1) is 0 Å². The van der Waals surface area contributed by atoms with Crippen molar-refractivity contribution in [3.05, 3.63) is 58.9 Å². The Bertz CT molecular complexity index is 1020. The molecule has 10 heteroatoms. The SMILES string of the molecule is NC1CCN(Cc2ccc3nc[nH]c3c2)c2ccc(Cl)cc21.O=C(O)C(F)(F)F. The van der Waals surface area contributed by atoms with Crippen LogP contribution in [0.4, 0.5) is 18.9 Å². The van der Waals surface area contributed by atoms with Crippen molar-refractivity contribution in [2.24, 2.45) is 5.73 Å². The lowest BCUT2D eigenvalue weighted by Gasteiger charge is -2.34. The first-order valence-electron chi connectivity index (χ1n) is 8.67. The zero-order valence-electron chi connectivity index (χ0n) is 15.1. The number of rotatable bonds is 2. The molecular formula is C19H18ClF3N4O2. The quantitative estimate of drug-likeness (QED) is 0.569. The van der Waals surface area contributed by atoms with Crippen LogP contribution in [-0.4, -0.2) is 33.8 Å². The Kier molecular flexibility index (Phi) is 5.99. The van der Waals surface area contributed by atoms with Crippen LogP contribution >= 0.6 is 11.6 Å². The molecule has 0 spiro atoms. The van der Waals surface area contributed by atoms with Crippen molar-refractivity contribution in [1.29, 1.82) is 0 Å². The predicted molar refractivity (Wildman–Crippen MR) is 104 cm³/mol. The predicted octanol–water partition coefficient (Wildman–Crippen LogP) is 4.26. The topological polar surface area (TPSA) is 95.2 Å². The van der Waals surface area contributed by atoms with E-state index in [9.17, 15) is 13.2 Å². The molecule has 1 aliphatic heterocycles. The number of benzene rings is 2. The molecule has 29 heavy (non-hydrogen) atoms. The van der Waals surface area contributed by atoms with Gasteiger partial charge in [0.1, 0.15) is 0 Å². The zero-order valence-corrected chi connectivity index (χ0v) is 15.8. The number of carboxylic acids is 1. The summed E-state index contributed by atoms with van der Waals surface area (Å²) >= 11 is 6.12. The van der Waals surface area contributed by atoms with Crippen LogP contribution in [0.2, 0.25) is 5.02 Å². The van der Waals surface area contributed by atoms with Gasteiger partial charge in [0.25, 0.3) is 0 Å². The van der Waals surface area contributed by atoms with Gasteiger partial charge in [-0.25, -0.2) is 9.78 Å². The fourth-order valence-corrected chi connectivity index (χ4v) is 3.33. The molecule has 6 nitrogen and oxygen atoms in total. The number of alkyl halides is 3. The first-order chi connectivity index (χ1) is 13.6. The number of nitrogens with one attached hydrogen (secondary N) is 1. The van der Waals surface area contributed by atoms with Gasteiger partial charge >= 0.3 is 12.1 Å². The molecule has 154 valence electrons. The van der Waals surface area contributed by atoms with Crippen molar-refractivity contribution in [2.75, 3.05) is 11.4 Å². The van der Waals surface area contributed by atoms with E-state index in [0.717, 1.165) is 41.1 Å². The standard InChI is InChI=1S/C17H17ClN4.C2HF3O2/c18-12-2-4-17-13(8-12)14(19)5-6-22(17)9-11-1-3-15-16(7-11)21-10-20-15;3-2(4,5)1(6)7/h1-4,7-8,10,14H,5-6,9,19H2,(H,20,21);(H,6,7). The van der Waals surface area contributed by atoms with E-state index in [2.05, 4.69) is 39.1 Å². The Balaban J connectivity index is 0.000000298. The molecule has 1 aromatic heterocycles. The maximum absolute atomic E-state index is 10.6. The number of fused-ring (bicyclic) bond motifs is 2. The Morgan fingerprint density at radius 3 is 2.72 bits per heavy atom. The van der Waals surface area contributed by atoms with Crippen LogP contribution in [0.1, 0.15) is 23.6 Å². The number of nitrogens with zero attached hydrogens (tertiary/aromatic N) is 2. The summed E-state index contributed by atoms with van der Waals surface area (Å²) in [6, 6.07) is 12.4. The molecular weight excluding hydrogens is 409 g/mol. The number of anilines is 1. The van der Waals surface area contributed by atoms with Crippen LogP contribution in [-0.2, 0) is 11.3 Å². The molecule has 4 rings (SSSR count). The summed E-state index contributed by atoms with van der Waals surface area (Å²) in [5.41, 5.74) is 11.9. The molecule has 0 aliphatic carbocycles. The number of carbonyl (C=O) groups is 1. The van der Waals surface area contributed by atoms with Crippen LogP contribution in [0, 0.1) is 0 Å².